The van der Waals surface area contributed by atoms with Gasteiger partial charge in [0.05, 0.1) is 0 Å². The second-order valence-electron chi connectivity index (χ2n) is 4.01. The molecule has 0 aliphatic heterocycles. The molecule has 0 saturated carbocycles. The van der Waals surface area contributed by atoms with Gasteiger partial charge in [0.2, 0.25) is 0 Å². The number of oxime groups is 1. The second kappa shape index (κ2) is 7.60. The second-order valence-corrected chi connectivity index (χ2v) is 4.01. The first-order valence-electron chi connectivity index (χ1n) is 6.33. The standard InChI is InChI=1S/C18H15NO/c1-2-15-20-19-18(17-11-7-4-8-12-17)14-13-16-9-5-3-6-10-16/h2-12H,1,15H2/b19-18-. The van der Waals surface area contributed by atoms with E-state index in [0.717, 1.165) is 11.1 Å². The van der Waals surface area contributed by atoms with Gasteiger partial charge in [-0.05, 0) is 18.1 Å². The van der Waals surface area contributed by atoms with Gasteiger partial charge in [-0.1, -0.05) is 72.3 Å². The molecule has 98 valence electrons. The monoisotopic (exact) mass is 261 g/mol. The van der Waals surface area contributed by atoms with E-state index in [1.54, 1.807) is 6.08 Å². The lowest BCUT2D eigenvalue weighted by Gasteiger charge is -1.99. The Kier molecular flexibility index (Phi) is 5.18. The van der Waals surface area contributed by atoms with Crippen LogP contribution in [-0.2, 0) is 4.84 Å². The summed E-state index contributed by atoms with van der Waals surface area (Å²) in [6.45, 7) is 3.96. The van der Waals surface area contributed by atoms with Gasteiger partial charge in [0, 0.05) is 11.1 Å². The summed E-state index contributed by atoms with van der Waals surface area (Å²) in [6, 6.07) is 19.5. The van der Waals surface area contributed by atoms with E-state index in [-0.39, 0.29) is 0 Å². The van der Waals surface area contributed by atoms with Crippen LogP contribution in [-0.4, -0.2) is 12.3 Å². The van der Waals surface area contributed by atoms with Crippen LogP contribution >= 0.6 is 0 Å². The molecule has 2 aromatic carbocycles. The Morgan fingerprint density at radius 3 is 2.35 bits per heavy atom. The van der Waals surface area contributed by atoms with Gasteiger partial charge >= 0.3 is 0 Å². The van der Waals surface area contributed by atoms with Crippen LogP contribution in [0.1, 0.15) is 11.1 Å². The molecular weight excluding hydrogens is 246 g/mol. The highest BCUT2D eigenvalue weighted by atomic mass is 16.6. The Morgan fingerprint density at radius 2 is 1.70 bits per heavy atom. The highest BCUT2D eigenvalue weighted by Gasteiger charge is 1.99. The fourth-order valence-electron chi connectivity index (χ4n) is 1.55. The van der Waals surface area contributed by atoms with Crippen molar-refractivity contribution in [2.24, 2.45) is 5.16 Å². The lowest BCUT2D eigenvalue weighted by Crippen LogP contribution is -1.99. The molecule has 0 spiro atoms. The topological polar surface area (TPSA) is 21.6 Å². The van der Waals surface area contributed by atoms with E-state index in [4.69, 9.17) is 4.84 Å². The summed E-state index contributed by atoms with van der Waals surface area (Å²) in [5.41, 5.74) is 2.48. The molecule has 0 heterocycles. The molecule has 0 N–H and O–H groups in total. The molecule has 2 rings (SSSR count). The zero-order valence-corrected chi connectivity index (χ0v) is 11.1. The number of benzene rings is 2. The third-order valence-corrected chi connectivity index (χ3v) is 2.49. The first-order valence-corrected chi connectivity index (χ1v) is 6.33. The number of hydrogen-bond acceptors (Lipinski definition) is 2. The highest BCUT2D eigenvalue weighted by molar-refractivity contribution is 6.12. The number of hydrogen-bond donors (Lipinski definition) is 0. The smallest absolute Gasteiger partial charge is 0.160 e. The molecule has 0 aromatic heterocycles. The Labute approximate surface area is 119 Å². The quantitative estimate of drug-likeness (QED) is 0.271. The highest BCUT2D eigenvalue weighted by Crippen LogP contribution is 2.02. The number of rotatable bonds is 4. The van der Waals surface area contributed by atoms with Crippen molar-refractivity contribution < 1.29 is 4.84 Å². The Bertz CT molecular complexity index is 633. The molecule has 0 aliphatic rings. The minimum Gasteiger partial charge on any atom is -0.391 e. The van der Waals surface area contributed by atoms with Crippen LogP contribution in [0.4, 0.5) is 0 Å². The Balaban J connectivity index is 2.26. The predicted octanol–water partition coefficient (Wildman–Crippen LogP) is 3.65. The summed E-state index contributed by atoms with van der Waals surface area (Å²) in [5, 5.41) is 4.07. The molecule has 0 unspecified atom stereocenters. The lowest BCUT2D eigenvalue weighted by atomic mass is 10.1. The predicted molar refractivity (Wildman–Crippen MR) is 82.4 cm³/mol. The minimum atomic E-state index is 0.364. The van der Waals surface area contributed by atoms with Gasteiger partial charge in [0.15, 0.2) is 5.71 Å². The van der Waals surface area contributed by atoms with Gasteiger partial charge in [0.1, 0.15) is 6.61 Å². The summed E-state index contributed by atoms with van der Waals surface area (Å²) >= 11 is 0. The van der Waals surface area contributed by atoms with Crippen molar-refractivity contribution in [1.29, 1.82) is 0 Å². The van der Waals surface area contributed by atoms with Gasteiger partial charge in [-0.15, -0.1) is 0 Å². The summed E-state index contributed by atoms with van der Waals surface area (Å²) in [4.78, 5) is 5.16. The molecule has 0 amide bonds. The first-order chi connectivity index (χ1) is 9.90. The molecule has 0 fully saturated rings. The van der Waals surface area contributed by atoms with E-state index in [2.05, 4.69) is 23.6 Å². The van der Waals surface area contributed by atoms with Crippen molar-refractivity contribution in [3.8, 4) is 11.8 Å². The van der Waals surface area contributed by atoms with Crippen LogP contribution in [0.2, 0.25) is 0 Å². The maximum Gasteiger partial charge on any atom is 0.160 e. The molecule has 2 heteroatoms. The lowest BCUT2D eigenvalue weighted by molar-refractivity contribution is 0.175. The maximum atomic E-state index is 5.16. The van der Waals surface area contributed by atoms with E-state index < -0.39 is 0 Å². The fourth-order valence-corrected chi connectivity index (χ4v) is 1.55. The molecule has 2 aromatic rings. The first kappa shape index (κ1) is 13.6. The van der Waals surface area contributed by atoms with Crippen molar-refractivity contribution in [3.63, 3.8) is 0 Å². The van der Waals surface area contributed by atoms with E-state index in [1.807, 2.05) is 60.7 Å². The van der Waals surface area contributed by atoms with Gasteiger partial charge in [0.25, 0.3) is 0 Å². The van der Waals surface area contributed by atoms with E-state index >= 15 is 0 Å². The molecule has 0 saturated heterocycles. The van der Waals surface area contributed by atoms with Crippen LogP contribution in [0.25, 0.3) is 0 Å². The average Bonchev–Trinajstić information content (AvgIpc) is 2.52. The molecule has 0 radical (unpaired) electrons. The third kappa shape index (κ3) is 4.15. The van der Waals surface area contributed by atoms with Crippen molar-refractivity contribution in [2.45, 2.75) is 0 Å². The Hall–Kier alpha value is -2.79. The van der Waals surface area contributed by atoms with Crippen molar-refractivity contribution in [2.75, 3.05) is 6.61 Å². The third-order valence-electron chi connectivity index (χ3n) is 2.49. The summed E-state index contributed by atoms with van der Waals surface area (Å²) in [5.74, 6) is 6.14. The zero-order valence-electron chi connectivity index (χ0n) is 11.1. The fraction of sp³-hybridized carbons (Fsp3) is 0.0556. The van der Waals surface area contributed by atoms with Crippen LogP contribution in [0.3, 0.4) is 0 Å². The maximum absolute atomic E-state index is 5.16. The molecule has 0 aliphatic carbocycles. The largest absolute Gasteiger partial charge is 0.391 e. The molecule has 20 heavy (non-hydrogen) atoms. The summed E-state index contributed by atoms with van der Waals surface area (Å²) in [6.07, 6.45) is 1.65. The summed E-state index contributed by atoms with van der Waals surface area (Å²) < 4.78 is 0. The average molecular weight is 261 g/mol. The van der Waals surface area contributed by atoms with Gasteiger partial charge in [-0.2, -0.15) is 0 Å². The van der Waals surface area contributed by atoms with Crippen LogP contribution in [0.15, 0.2) is 78.5 Å². The van der Waals surface area contributed by atoms with Gasteiger partial charge in [-0.25, -0.2) is 0 Å². The van der Waals surface area contributed by atoms with E-state index in [9.17, 15) is 0 Å². The van der Waals surface area contributed by atoms with Crippen molar-refractivity contribution in [1.82, 2.24) is 0 Å². The number of nitrogens with zero attached hydrogens (tertiary/aromatic N) is 1. The van der Waals surface area contributed by atoms with Crippen molar-refractivity contribution >= 4 is 5.71 Å². The Morgan fingerprint density at radius 1 is 1.05 bits per heavy atom. The van der Waals surface area contributed by atoms with E-state index in [0.29, 0.717) is 12.3 Å². The van der Waals surface area contributed by atoms with Crippen LogP contribution in [0.5, 0.6) is 0 Å². The molecule has 0 bridgehead atoms. The van der Waals surface area contributed by atoms with Crippen LogP contribution < -0.4 is 0 Å². The van der Waals surface area contributed by atoms with Gasteiger partial charge in [-0.3, -0.25) is 0 Å². The van der Waals surface area contributed by atoms with Crippen LogP contribution in [0, 0.1) is 11.8 Å². The summed E-state index contributed by atoms with van der Waals surface area (Å²) in [7, 11) is 0. The molecular formula is C18H15NO. The van der Waals surface area contributed by atoms with E-state index in [1.165, 1.54) is 0 Å². The molecule has 2 nitrogen and oxygen atoms in total. The SMILES string of the molecule is C=CCO/N=C(/C#Cc1ccccc1)c1ccccc1. The zero-order chi connectivity index (χ0) is 14.0. The minimum absolute atomic E-state index is 0.364. The van der Waals surface area contributed by atoms with Crippen molar-refractivity contribution in [3.05, 3.63) is 84.4 Å². The normalized spacial score (nSPS) is 10.3. The van der Waals surface area contributed by atoms with Gasteiger partial charge < -0.3 is 4.84 Å². The molecule has 0 atom stereocenters.